The molecule has 11 heavy (non-hydrogen) atoms. The highest BCUT2D eigenvalue weighted by Crippen LogP contribution is 2.27. The second kappa shape index (κ2) is 2.14. The Morgan fingerprint density at radius 2 is 1.82 bits per heavy atom. The van der Waals surface area contributed by atoms with Crippen molar-refractivity contribution in [2.45, 2.75) is 11.8 Å². The molecule has 0 aromatic heterocycles. The summed E-state index contributed by atoms with van der Waals surface area (Å²) >= 11 is 4.07. The lowest BCUT2D eigenvalue weighted by Gasteiger charge is -2.21. The summed E-state index contributed by atoms with van der Waals surface area (Å²) < 4.78 is 0. The number of amides is 3. The number of hydrogen-bond acceptors (Lipinski definition) is 3. The van der Waals surface area contributed by atoms with Crippen LogP contribution in [0.5, 0.6) is 0 Å². The number of imide groups is 1. The number of carbonyl (C=O) groups excluding carboxylic acids is 2. The molecule has 0 aromatic carbocycles. The number of rotatable bonds is 0. The van der Waals surface area contributed by atoms with E-state index >= 15 is 0 Å². The lowest BCUT2D eigenvalue weighted by Crippen LogP contribution is -2.39. The Morgan fingerprint density at radius 1 is 1.36 bits per heavy atom. The third kappa shape index (κ3) is 0.910. The van der Waals surface area contributed by atoms with E-state index in [1.165, 1.54) is 11.9 Å². The van der Waals surface area contributed by atoms with Gasteiger partial charge in [-0.05, 0) is 6.92 Å². The molecule has 1 fully saturated rings. The molecule has 62 valence electrons. The zero-order valence-corrected chi connectivity index (χ0v) is 7.55. The van der Waals surface area contributed by atoms with E-state index in [0.717, 1.165) is 4.90 Å². The van der Waals surface area contributed by atoms with Crippen LogP contribution in [0.2, 0.25) is 0 Å². The molecule has 1 rings (SSSR count). The SMILES string of the molecule is CN1C(=O)N(C)C(C)(S)C1=O. The normalized spacial score (nSPS) is 32.0. The van der Waals surface area contributed by atoms with Crippen molar-refractivity contribution in [1.29, 1.82) is 0 Å². The molecule has 0 aromatic rings. The molecule has 0 radical (unpaired) electrons. The van der Waals surface area contributed by atoms with Crippen molar-refractivity contribution in [3.8, 4) is 0 Å². The Labute approximate surface area is 70.6 Å². The van der Waals surface area contributed by atoms with Gasteiger partial charge >= 0.3 is 6.03 Å². The summed E-state index contributed by atoms with van der Waals surface area (Å²) in [7, 11) is 3.00. The van der Waals surface area contributed by atoms with Gasteiger partial charge in [-0.25, -0.2) is 4.79 Å². The van der Waals surface area contributed by atoms with Gasteiger partial charge in [-0.15, -0.1) is 12.6 Å². The topological polar surface area (TPSA) is 40.6 Å². The molecule has 1 atom stereocenters. The van der Waals surface area contributed by atoms with Gasteiger partial charge in [0.2, 0.25) is 0 Å². The van der Waals surface area contributed by atoms with Gasteiger partial charge in [0.05, 0.1) is 0 Å². The van der Waals surface area contributed by atoms with E-state index in [1.54, 1.807) is 14.0 Å². The monoisotopic (exact) mass is 174 g/mol. The maximum absolute atomic E-state index is 11.2. The van der Waals surface area contributed by atoms with Gasteiger partial charge in [0.1, 0.15) is 0 Å². The van der Waals surface area contributed by atoms with Crippen LogP contribution >= 0.6 is 12.6 Å². The van der Waals surface area contributed by atoms with Crippen molar-refractivity contribution in [1.82, 2.24) is 9.80 Å². The first-order valence-corrected chi connectivity index (χ1v) is 3.62. The van der Waals surface area contributed by atoms with Crippen molar-refractivity contribution in [3.63, 3.8) is 0 Å². The van der Waals surface area contributed by atoms with E-state index in [4.69, 9.17) is 0 Å². The lowest BCUT2D eigenvalue weighted by atomic mass is 10.3. The van der Waals surface area contributed by atoms with Gasteiger partial charge in [-0.2, -0.15) is 0 Å². The van der Waals surface area contributed by atoms with E-state index < -0.39 is 4.87 Å². The second-order valence-electron chi connectivity index (χ2n) is 2.73. The number of likely N-dealkylation sites (N-methyl/N-ethyl adjacent to an activating group) is 2. The predicted octanol–water partition coefficient (Wildman–Crippen LogP) is 0.156. The summed E-state index contributed by atoms with van der Waals surface area (Å²) in [5.74, 6) is -0.284. The van der Waals surface area contributed by atoms with Crippen LogP contribution in [0, 0.1) is 0 Å². The van der Waals surface area contributed by atoms with Gasteiger partial charge < -0.3 is 4.90 Å². The summed E-state index contributed by atoms with van der Waals surface area (Å²) in [5.41, 5.74) is 0. The Kier molecular flexibility index (Phi) is 1.63. The molecule has 1 aliphatic heterocycles. The number of hydrogen-bond donors (Lipinski definition) is 1. The van der Waals surface area contributed by atoms with Gasteiger partial charge in [-0.3, -0.25) is 9.69 Å². The van der Waals surface area contributed by atoms with Crippen molar-refractivity contribution in [2.75, 3.05) is 14.1 Å². The third-order valence-corrected chi connectivity index (χ3v) is 2.43. The largest absolute Gasteiger partial charge is 0.327 e. The average Bonchev–Trinajstić information content (AvgIpc) is 2.06. The minimum atomic E-state index is -0.980. The lowest BCUT2D eigenvalue weighted by molar-refractivity contribution is -0.127. The highest BCUT2D eigenvalue weighted by molar-refractivity contribution is 7.82. The molecule has 1 heterocycles. The molecule has 1 saturated heterocycles. The van der Waals surface area contributed by atoms with E-state index in [0.29, 0.717) is 0 Å². The number of carbonyl (C=O) groups is 2. The zero-order chi connectivity index (χ0) is 8.81. The Hall–Kier alpha value is -0.710. The Balaban J connectivity index is 3.06. The second-order valence-corrected chi connectivity index (χ2v) is 3.60. The minimum absolute atomic E-state index is 0.284. The van der Waals surface area contributed by atoms with Crippen molar-refractivity contribution in [2.24, 2.45) is 0 Å². The molecular weight excluding hydrogens is 164 g/mol. The van der Waals surface area contributed by atoms with Crippen LogP contribution in [0.1, 0.15) is 6.92 Å². The van der Waals surface area contributed by atoms with E-state index in [1.807, 2.05) is 0 Å². The first kappa shape index (κ1) is 8.39. The molecule has 4 nitrogen and oxygen atoms in total. The summed E-state index contributed by atoms with van der Waals surface area (Å²) in [6, 6.07) is -0.312. The fraction of sp³-hybridized carbons (Fsp3) is 0.667. The van der Waals surface area contributed by atoms with Crippen LogP contribution in [-0.4, -0.2) is 40.7 Å². The van der Waals surface area contributed by atoms with Crippen LogP contribution in [0.15, 0.2) is 0 Å². The smallest absolute Gasteiger partial charge is 0.304 e. The minimum Gasteiger partial charge on any atom is -0.304 e. The summed E-state index contributed by atoms with van der Waals surface area (Å²) in [5, 5.41) is 0. The fourth-order valence-corrected chi connectivity index (χ4v) is 1.19. The number of thiol groups is 1. The average molecular weight is 174 g/mol. The maximum atomic E-state index is 11.2. The Morgan fingerprint density at radius 3 is 1.91 bits per heavy atom. The summed E-state index contributed by atoms with van der Waals surface area (Å²) in [6.07, 6.45) is 0. The standard InChI is InChI=1S/C6H10N2O2S/c1-6(11)4(9)7(2)5(10)8(6)3/h11H,1-3H3. The molecule has 0 saturated carbocycles. The zero-order valence-electron chi connectivity index (χ0n) is 6.66. The molecule has 3 amide bonds. The summed E-state index contributed by atoms with van der Waals surface area (Å²) in [4.78, 5) is 23.7. The van der Waals surface area contributed by atoms with Crippen LogP contribution < -0.4 is 0 Å². The van der Waals surface area contributed by atoms with Crippen LogP contribution in [0.25, 0.3) is 0 Å². The van der Waals surface area contributed by atoms with Gasteiger partial charge in [0.25, 0.3) is 5.91 Å². The van der Waals surface area contributed by atoms with Gasteiger partial charge in [-0.1, -0.05) is 0 Å². The molecule has 0 aliphatic carbocycles. The molecule has 0 N–H and O–H groups in total. The fourth-order valence-electron chi connectivity index (χ4n) is 0.959. The van der Waals surface area contributed by atoms with Crippen LogP contribution in [0.3, 0.4) is 0 Å². The molecule has 1 unspecified atom stereocenters. The van der Waals surface area contributed by atoms with Crippen molar-refractivity contribution < 1.29 is 9.59 Å². The molecule has 0 bridgehead atoms. The first-order chi connectivity index (χ1) is 4.89. The molecule has 0 spiro atoms. The maximum Gasteiger partial charge on any atom is 0.327 e. The Bertz CT molecular complexity index is 227. The number of nitrogens with zero attached hydrogens (tertiary/aromatic N) is 2. The third-order valence-electron chi connectivity index (χ3n) is 1.94. The van der Waals surface area contributed by atoms with Gasteiger partial charge in [0.15, 0.2) is 4.87 Å². The first-order valence-electron chi connectivity index (χ1n) is 3.17. The van der Waals surface area contributed by atoms with E-state index in [9.17, 15) is 9.59 Å². The van der Waals surface area contributed by atoms with Crippen LogP contribution in [0.4, 0.5) is 4.79 Å². The molecule has 5 heteroatoms. The molecular formula is C6H10N2O2S. The van der Waals surface area contributed by atoms with Crippen molar-refractivity contribution in [3.05, 3.63) is 0 Å². The van der Waals surface area contributed by atoms with Gasteiger partial charge in [0, 0.05) is 14.1 Å². The van der Waals surface area contributed by atoms with Crippen LogP contribution in [-0.2, 0) is 4.79 Å². The predicted molar refractivity (Wildman–Crippen MR) is 43.3 cm³/mol. The highest BCUT2D eigenvalue weighted by atomic mass is 32.1. The van der Waals surface area contributed by atoms with Crippen molar-refractivity contribution >= 4 is 24.6 Å². The quantitative estimate of drug-likeness (QED) is 0.419. The highest BCUT2D eigenvalue weighted by Gasteiger charge is 2.48. The number of urea groups is 1. The molecule has 1 aliphatic rings. The van der Waals surface area contributed by atoms with E-state index in [2.05, 4.69) is 12.6 Å². The summed E-state index contributed by atoms with van der Waals surface area (Å²) in [6.45, 7) is 1.60. The van der Waals surface area contributed by atoms with E-state index in [-0.39, 0.29) is 11.9 Å².